The lowest BCUT2D eigenvalue weighted by Crippen LogP contribution is -1.93. The Balaban J connectivity index is 2.02. The van der Waals surface area contributed by atoms with Gasteiger partial charge >= 0.3 is 0 Å². The third-order valence-electron chi connectivity index (χ3n) is 3.73. The molecule has 0 saturated carbocycles. The topological polar surface area (TPSA) is 30.2 Å². The number of hydrogen-bond acceptors (Lipinski definition) is 2. The molecule has 22 heavy (non-hydrogen) atoms. The number of nitrogens with zero attached hydrogens (tertiary/aromatic N) is 3. The summed E-state index contributed by atoms with van der Waals surface area (Å²) in [5.74, 6) is 0.780. The van der Waals surface area contributed by atoms with Gasteiger partial charge in [-0.1, -0.05) is 60.7 Å². The summed E-state index contributed by atoms with van der Waals surface area (Å²) in [6.07, 6.45) is 2.04. The van der Waals surface area contributed by atoms with E-state index in [4.69, 9.17) is 0 Å². The Morgan fingerprint density at radius 3 is 2.09 bits per heavy atom. The van der Waals surface area contributed by atoms with Gasteiger partial charge in [0.15, 0.2) is 5.65 Å². The number of benzene rings is 2. The number of fused-ring (bicyclic) bond motifs is 1. The summed E-state index contributed by atoms with van der Waals surface area (Å²) in [4.78, 5) is 4.58. The van der Waals surface area contributed by atoms with Crippen LogP contribution in [0.5, 0.6) is 0 Å². The first-order chi connectivity index (χ1) is 10.8. The molecule has 2 heterocycles. The van der Waals surface area contributed by atoms with Crippen LogP contribution in [0.1, 0.15) is 5.82 Å². The summed E-state index contributed by atoms with van der Waals surface area (Å²) in [5, 5.41) is 4.49. The highest BCUT2D eigenvalue weighted by Crippen LogP contribution is 2.29. The molecule has 2 aromatic heterocycles. The van der Waals surface area contributed by atoms with Gasteiger partial charge in [0, 0.05) is 17.3 Å². The summed E-state index contributed by atoms with van der Waals surface area (Å²) < 4.78 is 1.88. The fraction of sp³-hybridized carbons (Fsp3) is 0.0526. The third kappa shape index (κ3) is 2.17. The number of aryl methyl sites for hydroxylation is 1. The summed E-state index contributed by atoms with van der Waals surface area (Å²) in [5.41, 5.74) is 5.45. The Labute approximate surface area is 128 Å². The number of pyridine rings is 1. The number of aromatic nitrogens is 3. The van der Waals surface area contributed by atoms with Crippen LogP contribution in [0.2, 0.25) is 0 Å². The van der Waals surface area contributed by atoms with Crippen molar-refractivity contribution in [1.29, 1.82) is 0 Å². The maximum atomic E-state index is 4.58. The fourth-order valence-corrected chi connectivity index (χ4v) is 2.71. The molecule has 0 atom stereocenters. The summed E-state index contributed by atoms with van der Waals surface area (Å²) in [6.45, 7) is 1.92. The van der Waals surface area contributed by atoms with Gasteiger partial charge in [-0.2, -0.15) is 5.10 Å². The van der Waals surface area contributed by atoms with E-state index in [1.165, 1.54) is 5.56 Å². The second-order valence-corrected chi connectivity index (χ2v) is 5.30. The van der Waals surface area contributed by atoms with Gasteiger partial charge in [-0.05, 0) is 24.1 Å². The molecule has 0 saturated heterocycles. The highest BCUT2D eigenvalue weighted by Gasteiger charge is 2.11. The standard InChI is InChI=1S/C19H15N3/c1-14-20-19-18(16-10-6-3-7-11-16)12-17(13-22(19)21-14)15-8-4-2-5-9-15/h2-13H,1H3. The van der Waals surface area contributed by atoms with Crippen molar-refractivity contribution in [2.45, 2.75) is 6.92 Å². The van der Waals surface area contributed by atoms with Crippen molar-refractivity contribution < 1.29 is 0 Å². The highest BCUT2D eigenvalue weighted by atomic mass is 15.3. The van der Waals surface area contributed by atoms with Crippen molar-refractivity contribution in [2.24, 2.45) is 0 Å². The van der Waals surface area contributed by atoms with Crippen LogP contribution >= 0.6 is 0 Å². The predicted molar refractivity (Wildman–Crippen MR) is 88.6 cm³/mol. The van der Waals surface area contributed by atoms with Crippen LogP contribution in [0.4, 0.5) is 0 Å². The molecule has 3 heteroatoms. The van der Waals surface area contributed by atoms with E-state index in [1.807, 2.05) is 54.0 Å². The minimum absolute atomic E-state index is 0.780. The molecule has 0 aliphatic carbocycles. The van der Waals surface area contributed by atoms with Crippen LogP contribution in [-0.2, 0) is 0 Å². The first-order valence-corrected chi connectivity index (χ1v) is 7.29. The molecule has 106 valence electrons. The molecule has 2 aromatic carbocycles. The molecule has 0 radical (unpaired) electrons. The lowest BCUT2D eigenvalue weighted by Gasteiger charge is -2.08. The summed E-state index contributed by atoms with van der Waals surface area (Å²) in [7, 11) is 0. The molecule has 0 fully saturated rings. The van der Waals surface area contributed by atoms with Gasteiger partial charge in [-0.3, -0.25) is 0 Å². The molecule has 0 N–H and O–H groups in total. The van der Waals surface area contributed by atoms with E-state index in [0.717, 1.165) is 28.2 Å². The van der Waals surface area contributed by atoms with E-state index >= 15 is 0 Å². The largest absolute Gasteiger partial charge is 0.220 e. The molecule has 0 aliphatic heterocycles. The van der Waals surface area contributed by atoms with Crippen molar-refractivity contribution in [2.75, 3.05) is 0 Å². The zero-order chi connectivity index (χ0) is 14.9. The molecule has 0 spiro atoms. The average molecular weight is 285 g/mol. The van der Waals surface area contributed by atoms with Crippen molar-refractivity contribution in [3.05, 3.63) is 78.8 Å². The number of rotatable bonds is 2. The van der Waals surface area contributed by atoms with Gasteiger partial charge in [-0.25, -0.2) is 9.50 Å². The first-order valence-electron chi connectivity index (χ1n) is 7.29. The molecule has 3 nitrogen and oxygen atoms in total. The van der Waals surface area contributed by atoms with Crippen molar-refractivity contribution in [3.8, 4) is 22.3 Å². The molecule has 0 bridgehead atoms. The zero-order valence-electron chi connectivity index (χ0n) is 12.3. The monoisotopic (exact) mass is 285 g/mol. The lowest BCUT2D eigenvalue weighted by molar-refractivity contribution is 0.932. The van der Waals surface area contributed by atoms with E-state index in [-0.39, 0.29) is 0 Å². The molecular weight excluding hydrogens is 270 g/mol. The molecule has 4 aromatic rings. The third-order valence-corrected chi connectivity index (χ3v) is 3.73. The van der Waals surface area contributed by atoms with Gasteiger partial charge in [0.1, 0.15) is 5.82 Å². The fourth-order valence-electron chi connectivity index (χ4n) is 2.71. The normalized spacial score (nSPS) is 11.0. The second-order valence-electron chi connectivity index (χ2n) is 5.30. The smallest absolute Gasteiger partial charge is 0.163 e. The lowest BCUT2D eigenvalue weighted by atomic mass is 10.0. The van der Waals surface area contributed by atoms with Gasteiger partial charge in [-0.15, -0.1) is 0 Å². The van der Waals surface area contributed by atoms with Gasteiger partial charge in [0.2, 0.25) is 0 Å². The Kier molecular flexibility index (Phi) is 2.97. The Morgan fingerprint density at radius 1 is 0.773 bits per heavy atom. The van der Waals surface area contributed by atoms with E-state index in [9.17, 15) is 0 Å². The minimum atomic E-state index is 0.780. The van der Waals surface area contributed by atoms with E-state index in [1.54, 1.807) is 0 Å². The maximum absolute atomic E-state index is 4.58. The van der Waals surface area contributed by atoms with Crippen molar-refractivity contribution >= 4 is 5.65 Å². The van der Waals surface area contributed by atoms with E-state index in [0.29, 0.717) is 0 Å². The van der Waals surface area contributed by atoms with E-state index in [2.05, 4.69) is 40.4 Å². The Hall–Kier alpha value is -2.94. The van der Waals surface area contributed by atoms with Crippen molar-refractivity contribution in [3.63, 3.8) is 0 Å². The maximum Gasteiger partial charge on any atom is 0.163 e. The Morgan fingerprint density at radius 2 is 1.41 bits per heavy atom. The average Bonchev–Trinajstić information content (AvgIpc) is 2.95. The first kappa shape index (κ1) is 12.8. The molecule has 0 amide bonds. The van der Waals surface area contributed by atoms with Crippen LogP contribution in [0, 0.1) is 6.92 Å². The minimum Gasteiger partial charge on any atom is -0.220 e. The van der Waals surface area contributed by atoms with E-state index < -0.39 is 0 Å². The molecule has 0 unspecified atom stereocenters. The highest BCUT2D eigenvalue weighted by molar-refractivity contribution is 5.82. The van der Waals surface area contributed by atoms with Crippen molar-refractivity contribution in [1.82, 2.24) is 14.6 Å². The quantitative estimate of drug-likeness (QED) is 0.547. The molecule has 4 rings (SSSR count). The zero-order valence-corrected chi connectivity index (χ0v) is 12.3. The van der Waals surface area contributed by atoms with Crippen LogP contribution in [-0.4, -0.2) is 14.6 Å². The Bertz CT molecular complexity index is 925. The SMILES string of the molecule is Cc1nc2c(-c3ccccc3)cc(-c3ccccc3)cn2n1. The second kappa shape index (κ2) is 5.11. The van der Waals surface area contributed by atoms with Crippen LogP contribution < -0.4 is 0 Å². The predicted octanol–water partition coefficient (Wildman–Crippen LogP) is 4.37. The van der Waals surface area contributed by atoms with Gasteiger partial charge in [0.25, 0.3) is 0 Å². The van der Waals surface area contributed by atoms with Gasteiger partial charge < -0.3 is 0 Å². The van der Waals surface area contributed by atoms with Crippen LogP contribution in [0.15, 0.2) is 72.9 Å². The summed E-state index contributed by atoms with van der Waals surface area (Å²) >= 11 is 0. The number of hydrogen-bond donors (Lipinski definition) is 0. The molecule has 0 aliphatic rings. The van der Waals surface area contributed by atoms with Crippen LogP contribution in [0.3, 0.4) is 0 Å². The van der Waals surface area contributed by atoms with Gasteiger partial charge in [0.05, 0.1) is 0 Å². The van der Waals surface area contributed by atoms with Crippen LogP contribution in [0.25, 0.3) is 27.9 Å². The summed E-state index contributed by atoms with van der Waals surface area (Å²) in [6, 6.07) is 22.9. The molecular formula is C19H15N3.